The number of carbonyl (C=O) groups is 2. The lowest BCUT2D eigenvalue weighted by Gasteiger charge is -2.39. The third-order valence-electron chi connectivity index (χ3n) is 4.28. The molecule has 0 saturated carbocycles. The molecule has 1 spiro atoms. The molecule has 0 aliphatic carbocycles. The number of rotatable bonds is 1. The predicted octanol–water partition coefficient (Wildman–Crippen LogP) is 0.761. The van der Waals surface area contributed by atoms with Gasteiger partial charge in [0.05, 0.1) is 17.4 Å². The SMILES string of the molecule is O=C1CC2(CCS(=O)(=O)C2)C(c2ccccc2F)C(=O)N1. The van der Waals surface area contributed by atoms with Gasteiger partial charge < -0.3 is 0 Å². The average molecular weight is 311 g/mol. The minimum absolute atomic E-state index is 0.0709. The van der Waals surface area contributed by atoms with Crippen molar-refractivity contribution >= 4 is 21.7 Å². The minimum Gasteiger partial charge on any atom is -0.296 e. The van der Waals surface area contributed by atoms with E-state index >= 15 is 0 Å². The van der Waals surface area contributed by atoms with Gasteiger partial charge in [-0.15, -0.1) is 0 Å². The van der Waals surface area contributed by atoms with E-state index in [0.29, 0.717) is 0 Å². The number of halogens is 1. The molecule has 2 heterocycles. The Labute approximate surface area is 121 Å². The molecule has 1 aromatic rings. The van der Waals surface area contributed by atoms with Crippen LogP contribution >= 0.6 is 0 Å². The molecule has 3 rings (SSSR count). The molecular formula is C14H14FNO4S. The van der Waals surface area contributed by atoms with E-state index in [1.807, 2.05) is 0 Å². The second-order valence-corrected chi connectivity index (χ2v) is 7.93. The van der Waals surface area contributed by atoms with E-state index in [9.17, 15) is 22.4 Å². The van der Waals surface area contributed by atoms with Crippen LogP contribution < -0.4 is 5.32 Å². The summed E-state index contributed by atoms with van der Waals surface area (Å²) in [7, 11) is -3.31. The molecule has 1 N–H and O–H groups in total. The molecule has 7 heteroatoms. The molecule has 2 fully saturated rings. The summed E-state index contributed by atoms with van der Waals surface area (Å²) in [5.41, 5.74) is -0.875. The number of sulfone groups is 1. The summed E-state index contributed by atoms with van der Waals surface area (Å²) >= 11 is 0. The molecule has 2 unspecified atom stereocenters. The van der Waals surface area contributed by atoms with Crippen molar-refractivity contribution in [2.24, 2.45) is 5.41 Å². The topological polar surface area (TPSA) is 80.3 Å². The van der Waals surface area contributed by atoms with E-state index in [1.54, 1.807) is 6.07 Å². The lowest BCUT2D eigenvalue weighted by atomic mass is 9.67. The van der Waals surface area contributed by atoms with Gasteiger partial charge in [-0.3, -0.25) is 14.9 Å². The van der Waals surface area contributed by atoms with Gasteiger partial charge in [-0.25, -0.2) is 12.8 Å². The van der Waals surface area contributed by atoms with Crippen molar-refractivity contribution in [3.8, 4) is 0 Å². The first kappa shape index (κ1) is 14.2. The maximum Gasteiger partial charge on any atom is 0.234 e. The van der Waals surface area contributed by atoms with Gasteiger partial charge in [0, 0.05) is 17.4 Å². The number of benzene rings is 1. The van der Waals surface area contributed by atoms with Crippen LogP contribution in [0, 0.1) is 11.2 Å². The van der Waals surface area contributed by atoms with E-state index < -0.39 is 38.8 Å². The number of nitrogens with one attached hydrogen (secondary N) is 1. The zero-order valence-electron chi connectivity index (χ0n) is 11.1. The average Bonchev–Trinajstić information content (AvgIpc) is 2.66. The lowest BCUT2D eigenvalue weighted by molar-refractivity contribution is -0.139. The van der Waals surface area contributed by atoms with Crippen LogP contribution in [-0.4, -0.2) is 31.7 Å². The highest BCUT2D eigenvalue weighted by Crippen LogP contribution is 2.49. The molecule has 2 aliphatic heterocycles. The van der Waals surface area contributed by atoms with Crippen LogP contribution in [0.15, 0.2) is 24.3 Å². The fraction of sp³-hybridized carbons (Fsp3) is 0.429. The van der Waals surface area contributed by atoms with Crippen LogP contribution in [-0.2, 0) is 19.4 Å². The molecule has 5 nitrogen and oxygen atoms in total. The van der Waals surface area contributed by atoms with Gasteiger partial charge in [0.15, 0.2) is 9.84 Å². The number of piperidine rings is 1. The van der Waals surface area contributed by atoms with Crippen molar-refractivity contribution in [2.45, 2.75) is 18.8 Å². The second kappa shape index (κ2) is 4.62. The molecular weight excluding hydrogens is 297 g/mol. The molecule has 1 aromatic carbocycles. The van der Waals surface area contributed by atoms with Gasteiger partial charge in [0.25, 0.3) is 0 Å². The van der Waals surface area contributed by atoms with Crippen LogP contribution in [0.5, 0.6) is 0 Å². The van der Waals surface area contributed by atoms with E-state index in [2.05, 4.69) is 5.32 Å². The highest BCUT2D eigenvalue weighted by atomic mass is 32.2. The molecule has 2 amide bonds. The Morgan fingerprint density at radius 3 is 2.57 bits per heavy atom. The summed E-state index contributed by atoms with van der Waals surface area (Å²) < 4.78 is 37.7. The van der Waals surface area contributed by atoms with Gasteiger partial charge in [0.2, 0.25) is 11.8 Å². The molecule has 0 radical (unpaired) electrons. The maximum absolute atomic E-state index is 14.1. The molecule has 0 aromatic heterocycles. The lowest BCUT2D eigenvalue weighted by Crippen LogP contribution is -2.51. The van der Waals surface area contributed by atoms with Crippen molar-refractivity contribution in [1.29, 1.82) is 0 Å². The van der Waals surface area contributed by atoms with Crippen molar-refractivity contribution in [1.82, 2.24) is 5.32 Å². The molecule has 2 saturated heterocycles. The first-order valence-corrected chi connectivity index (χ1v) is 8.44. The molecule has 21 heavy (non-hydrogen) atoms. The van der Waals surface area contributed by atoms with Crippen LogP contribution in [0.1, 0.15) is 24.3 Å². The third-order valence-corrected chi connectivity index (χ3v) is 6.13. The largest absolute Gasteiger partial charge is 0.296 e. The van der Waals surface area contributed by atoms with E-state index in [0.717, 1.165) is 0 Å². The zero-order valence-corrected chi connectivity index (χ0v) is 12.0. The monoisotopic (exact) mass is 311 g/mol. The van der Waals surface area contributed by atoms with Crippen LogP contribution in [0.3, 0.4) is 0 Å². The predicted molar refractivity (Wildman–Crippen MR) is 72.6 cm³/mol. The molecule has 2 atom stereocenters. The number of carbonyl (C=O) groups excluding carboxylic acids is 2. The van der Waals surface area contributed by atoms with E-state index in [1.165, 1.54) is 18.2 Å². The Bertz CT molecular complexity index is 730. The van der Waals surface area contributed by atoms with Gasteiger partial charge in [-0.2, -0.15) is 0 Å². The normalized spacial score (nSPS) is 31.4. The fourth-order valence-corrected chi connectivity index (χ4v) is 5.59. The summed E-state index contributed by atoms with van der Waals surface area (Å²) in [4.78, 5) is 23.9. The quantitative estimate of drug-likeness (QED) is 0.777. The number of imide groups is 1. The standard InChI is InChI=1S/C14H14FNO4S/c15-10-4-2-1-3-9(10)12-13(18)16-11(17)7-14(12)5-6-21(19,20)8-14/h1-4,12H,5-8H2,(H,16,17,18). The smallest absolute Gasteiger partial charge is 0.234 e. The second-order valence-electron chi connectivity index (χ2n) is 5.75. The van der Waals surface area contributed by atoms with Crippen molar-refractivity contribution in [3.63, 3.8) is 0 Å². The highest BCUT2D eigenvalue weighted by Gasteiger charge is 2.55. The first-order chi connectivity index (χ1) is 9.83. The summed E-state index contributed by atoms with van der Waals surface area (Å²) in [6, 6.07) is 5.81. The summed E-state index contributed by atoms with van der Waals surface area (Å²) in [6.45, 7) is 0. The maximum atomic E-state index is 14.1. The van der Waals surface area contributed by atoms with Crippen LogP contribution in [0.2, 0.25) is 0 Å². The summed E-state index contributed by atoms with van der Waals surface area (Å²) in [5, 5.41) is 2.19. The zero-order chi connectivity index (χ0) is 15.3. The van der Waals surface area contributed by atoms with E-state index in [-0.39, 0.29) is 29.9 Å². The molecule has 0 bridgehead atoms. The number of hydrogen-bond donors (Lipinski definition) is 1. The highest BCUT2D eigenvalue weighted by molar-refractivity contribution is 7.91. The third kappa shape index (κ3) is 2.35. The van der Waals surface area contributed by atoms with Crippen molar-refractivity contribution in [2.75, 3.05) is 11.5 Å². The van der Waals surface area contributed by atoms with Crippen LogP contribution in [0.4, 0.5) is 4.39 Å². The van der Waals surface area contributed by atoms with Gasteiger partial charge >= 0.3 is 0 Å². The molecule has 112 valence electrons. The minimum atomic E-state index is -3.31. The first-order valence-electron chi connectivity index (χ1n) is 6.62. The number of hydrogen-bond acceptors (Lipinski definition) is 4. The van der Waals surface area contributed by atoms with Crippen molar-refractivity contribution < 1.29 is 22.4 Å². The Balaban J connectivity index is 2.13. The Kier molecular flexibility index (Phi) is 3.12. The Hall–Kier alpha value is -1.76. The molecule has 2 aliphatic rings. The summed E-state index contributed by atoms with van der Waals surface area (Å²) in [6.07, 6.45) is 0.129. The number of amides is 2. The van der Waals surface area contributed by atoms with E-state index in [4.69, 9.17) is 0 Å². The fourth-order valence-electron chi connectivity index (χ4n) is 3.44. The Morgan fingerprint density at radius 2 is 1.95 bits per heavy atom. The van der Waals surface area contributed by atoms with Crippen LogP contribution in [0.25, 0.3) is 0 Å². The Morgan fingerprint density at radius 1 is 1.24 bits per heavy atom. The van der Waals surface area contributed by atoms with Gasteiger partial charge in [-0.05, 0) is 12.5 Å². The summed E-state index contributed by atoms with van der Waals surface area (Å²) in [5.74, 6) is -2.95. The van der Waals surface area contributed by atoms with Gasteiger partial charge in [0.1, 0.15) is 5.82 Å². The van der Waals surface area contributed by atoms with Crippen molar-refractivity contribution in [3.05, 3.63) is 35.6 Å². The van der Waals surface area contributed by atoms with Gasteiger partial charge in [-0.1, -0.05) is 18.2 Å².